The molecule has 1 amide bonds. The van der Waals surface area contributed by atoms with Gasteiger partial charge in [-0.3, -0.25) is 4.79 Å². The molecule has 0 heterocycles. The van der Waals surface area contributed by atoms with E-state index in [9.17, 15) is 9.90 Å². The molecule has 4 nitrogen and oxygen atoms in total. The number of aliphatic hydroxyl groups is 1. The standard InChI is InChI=1S/C12H16N2O2S/c1-8(15)7-14(2)12(16)10-5-3-9(4-6-10)11(13)17/h3-6,8,15H,7H2,1-2H3,(H2,13,17). The van der Waals surface area contributed by atoms with Gasteiger partial charge >= 0.3 is 0 Å². The quantitative estimate of drug-likeness (QED) is 0.777. The molecule has 3 N–H and O–H groups in total. The summed E-state index contributed by atoms with van der Waals surface area (Å²) in [5.41, 5.74) is 6.75. The summed E-state index contributed by atoms with van der Waals surface area (Å²) in [5, 5.41) is 9.21. The van der Waals surface area contributed by atoms with Gasteiger partial charge in [0.2, 0.25) is 0 Å². The van der Waals surface area contributed by atoms with E-state index in [0.717, 1.165) is 5.56 Å². The number of thiocarbonyl (C=S) groups is 1. The molecule has 0 saturated carbocycles. The minimum absolute atomic E-state index is 0.139. The van der Waals surface area contributed by atoms with Crippen molar-refractivity contribution in [3.63, 3.8) is 0 Å². The first kappa shape index (κ1) is 13.6. The maximum atomic E-state index is 11.9. The summed E-state index contributed by atoms with van der Waals surface area (Å²) < 4.78 is 0. The molecular formula is C12H16N2O2S. The smallest absolute Gasteiger partial charge is 0.253 e. The topological polar surface area (TPSA) is 66.6 Å². The minimum Gasteiger partial charge on any atom is -0.392 e. The van der Waals surface area contributed by atoms with Crippen LogP contribution in [0.3, 0.4) is 0 Å². The lowest BCUT2D eigenvalue weighted by molar-refractivity contribution is 0.0703. The van der Waals surface area contributed by atoms with E-state index in [1.807, 2.05) is 0 Å². The maximum Gasteiger partial charge on any atom is 0.253 e. The van der Waals surface area contributed by atoms with E-state index in [4.69, 9.17) is 18.0 Å². The first-order valence-electron chi connectivity index (χ1n) is 5.25. The normalized spacial score (nSPS) is 11.9. The number of nitrogens with two attached hydrogens (primary N) is 1. The Bertz CT molecular complexity index is 415. The fourth-order valence-corrected chi connectivity index (χ4v) is 1.61. The van der Waals surface area contributed by atoms with E-state index in [-0.39, 0.29) is 5.91 Å². The molecule has 1 rings (SSSR count). The molecule has 1 atom stereocenters. The number of amides is 1. The zero-order valence-corrected chi connectivity index (χ0v) is 10.7. The van der Waals surface area contributed by atoms with Crippen molar-refractivity contribution in [1.29, 1.82) is 0 Å². The second-order valence-corrected chi connectivity index (χ2v) is 4.42. The van der Waals surface area contributed by atoms with Crippen LogP contribution in [0.5, 0.6) is 0 Å². The summed E-state index contributed by atoms with van der Waals surface area (Å²) in [6, 6.07) is 6.78. The number of hydrogen-bond donors (Lipinski definition) is 2. The predicted molar refractivity (Wildman–Crippen MR) is 71.0 cm³/mol. The highest BCUT2D eigenvalue weighted by molar-refractivity contribution is 7.80. The van der Waals surface area contributed by atoms with Gasteiger partial charge in [0.1, 0.15) is 4.99 Å². The zero-order valence-electron chi connectivity index (χ0n) is 9.88. The van der Waals surface area contributed by atoms with E-state index in [1.165, 1.54) is 4.90 Å². The van der Waals surface area contributed by atoms with Crippen LogP contribution >= 0.6 is 12.2 Å². The Kier molecular flexibility index (Phi) is 4.60. The minimum atomic E-state index is -0.542. The number of nitrogens with zero attached hydrogens (tertiary/aromatic N) is 1. The van der Waals surface area contributed by atoms with Crippen LogP contribution in [-0.4, -0.2) is 40.6 Å². The van der Waals surface area contributed by atoms with Crippen LogP contribution in [0, 0.1) is 0 Å². The van der Waals surface area contributed by atoms with Gasteiger partial charge in [0.25, 0.3) is 5.91 Å². The van der Waals surface area contributed by atoms with Gasteiger partial charge in [-0.05, 0) is 19.1 Å². The molecule has 1 aromatic carbocycles. The Morgan fingerprint density at radius 1 is 1.41 bits per heavy atom. The summed E-state index contributed by atoms with van der Waals surface area (Å²) in [6.45, 7) is 1.94. The van der Waals surface area contributed by atoms with Crippen LogP contribution in [-0.2, 0) is 0 Å². The van der Waals surface area contributed by atoms with Crippen LogP contribution in [0.4, 0.5) is 0 Å². The molecule has 0 bridgehead atoms. The molecule has 0 aromatic heterocycles. The Morgan fingerprint density at radius 3 is 2.29 bits per heavy atom. The molecule has 0 radical (unpaired) electrons. The van der Waals surface area contributed by atoms with Gasteiger partial charge in [-0.2, -0.15) is 0 Å². The van der Waals surface area contributed by atoms with Crippen molar-refractivity contribution in [2.24, 2.45) is 5.73 Å². The van der Waals surface area contributed by atoms with Gasteiger partial charge in [-0.25, -0.2) is 0 Å². The van der Waals surface area contributed by atoms with Gasteiger partial charge in [0.15, 0.2) is 0 Å². The molecule has 0 aliphatic heterocycles. The van der Waals surface area contributed by atoms with Crippen LogP contribution in [0.2, 0.25) is 0 Å². The predicted octanol–water partition coefficient (Wildman–Crippen LogP) is 0.774. The highest BCUT2D eigenvalue weighted by Crippen LogP contribution is 2.07. The van der Waals surface area contributed by atoms with Crippen molar-refractivity contribution in [2.45, 2.75) is 13.0 Å². The fourth-order valence-electron chi connectivity index (χ4n) is 1.48. The lowest BCUT2D eigenvalue weighted by atomic mass is 10.1. The third kappa shape index (κ3) is 3.80. The number of aliphatic hydroxyl groups excluding tert-OH is 1. The number of carbonyl (C=O) groups excluding carboxylic acids is 1. The van der Waals surface area contributed by atoms with E-state index in [1.54, 1.807) is 38.2 Å². The second-order valence-electron chi connectivity index (χ2n) is 3.98. The molecule has 0 saturated heterocycles. The number of benzene rings is 1. The van der Waals surface area contributed by atoms with E-state index in [2.05, 4.69) is 0 Å². The summed E-state index contributed by atoms with van der Waals surface area (Å²) in [6.07, 6.45) is -0.542. The van der Waals surface area contributed by atoms with Gasteiger partial charge in [-0.15, -0.1) is 0 Å². The number of likely N-dealkylation sites (N-methyl/N-ethyl adjacent to an activating group) is 1. The molecule has 0 aliphatic carbocycles. The Labute approximate surface area is 106 Å². The number of carbonyl (C=O) groups is 1. The molecule has 92 valence electrons. The highest BCUT2D eigenvalue weighted by Gasteiger charge is 2.13. The van der Waals surface area contributed by atoms with E-state index in [0.29, 0.717) is 17.1 Å². The second kappa shape index (κ2) is 5.75. The first-order chi connectivity index (χ1) is 7.91. The Balaban J connectivity index is 2.79. The van der Waals surface area contributed by atoms with E-state index < -0.39 is 6.10 Å². The lowest BCUT2D eigenvalue weighted by Crippen LogP contribution is -2.33. The third-order valence-corrected chi connectivity index (χ3v) is 2.54. The largest absolute Gasteiger partial charge is 0.392 e. The molecular weight excluding hydrogens is 236 g/mol. The molecule has 1 aromatic rings. The van der Waals surface area contributed by atoms with Gasteiger partial charge in [0.05, 0.1) is 6.10 Å². The number of hydrogen-bond acceptors (Lipinski definition) is 3. The lowest BCUT2D eigenvalue weighted by Gasteiger charge is -2.18. The van der Waals surface area contributed by atoms with Crippen LogP contribution in [0.1, 0.15) is 22.8 Å². The average molecular weight is 252 g/mol. The van der Waals surface area contributed by atoms with Crippen LogP contribution < -0.4 is 5.73 Å². The third-order valence-electron chi connectivity index (χ3n) is 2.30. The van der Waals surface area contributed by atoms with Crippen molar-refractivity contribution >= 4 is 23.1 Å². The molecule has 1 unspecified atom stereocenters. The van der Waals surface area contributed by atoms with Crippen molar-refractivity contribution in [2.75, 3.05) is 13.6 Å². The van der Waals surface area contributed by atoms with Crippen LogP contribution in [0.25, 0.3) is 0 Å². The highest BCUT2D eigenvalue weighted by atomic mass is 32.1. The monoisotopic (exact) mass is 252 g/mol. The van der Waals surface area contributed by atoms with E-state index >= 15 is 0 Å². The van der Waals surface area contributed by atoms with Gasteiger partial charge < -0.3 is 15.7 Å². The first-order valence-corrected chi connectivity index (χ1v) is 5.66. The van der Waals surface area contributed by atoms with Crippen molar-refractivity contribution < 1.29 is 9.90 Å². The van der Waals surface area contributed by atoms with Gasteiger partial charge in [0, 0.05) is 24.7 Å². The summed E-state index contributed by atoms with van der Waals surface area (Å²) in [7, 11) is 1.65. The van der Waals surface area contributed by atoms with Crippen LogP contribution in [0.15, 0.2) is 24.3 Å². The van der Waals surface area contributed by atoms with Gasteiger partial charge in [-0.1, -0.05) is 24.4 Å². The van der Waals surface area contributed by atoms with Crippen molar-refractivity contribution in [1.82, 2.24) is 4.90 Å². The fraction of sp³-hybridized carbons (Fsp3) is 0.333. The maximum absolute atomic E-state index is 11.9. The van der Waals surface area contributed by atoms with Crippen molar-refractivity contribution in [3.05, 3.63) is 35.4 Å². The summed E-state index contributed by atoms with van der Waals surface area (Å²) in [4.78, 5) is 13.7. The Morgan fingerprint density at radius 2 is 1.88 bits per heavy atom. The molecule has 0 spiro atoms. The molecule has 0 aliphatic rings. The Hall–Kier alpha value is -1.46. The van der Waals surface area contributed by atoms with Crippen molar-refractivity contribution in [3.8, 4) is 0 Å². The average Bonchev–Trinajstić information content (AvgIpc) is 2.27. The number of rotatable bonds is 4. The molecule has 17 heavy (non-hydrogen) atoms. The SMILES string of the molecule is CC(O)CN(C)C(=O)c1ccc(C(N)=S)cc1. The molecule has 0 fully saturated rings. The summed E-state index contributed by atoms with van der Waals surface area (Å²) >= 11 is 4.83. The molecule has 5 heteroatoms. The summed E-state index contributed by atoms with van der Waals surface area (Å²) in [5.74, 6) is -0.139. The zero-order chi connectivity index (χ0) is 13.0.